The van der Waals surface area contributed by atoms with Crippen molar-refractivity contribution < 1.29 is 37.2 Å². The summed E-state index contributed by atoms with van der Waals surface area (Å²) in [7, 11) is 0. The maximum Gasteiger partial charge on any atom is 0.416 e. The van der Waals surface area contributed by atoms with Crippen LogP contribution >= 0.6 is 0 Å². The van der Waals surface area contributed by atoms with Crippen LogP contribution in [0.1, 0.15) is 18.1 Å². The molecule has 3 rings (SSSR count). The van der Waals surface area contributed by atoms with E-state index < -0.39 is 52.2 Å². The van der Waals surface area contributed by atoms with Gasteiger partial charge in [0.15, 0.2) is 0 Å². The van der Waals surface area contributed by atoms with E-state index in [1.165, 1.54) is 37.3 Å². The highest BCUT2D eigenvalue weighted by molar-refractivity contribution is 6.05. The largest absolute Gasteiger partial charge is 0.466 e. The van der Waals surface area contributed by atoms with E-state index in [1.807, 2.05) is 0 Å². The summed E-state index contributed by atoms with van der Waals surface area (Å²) >= 11 is 0. The maximum absolute atomic E-state index is 12.9. The molecule has 10 nitrogen and oxygen atoms in total. The van der Waals surface area contributed by atoms with Gasteiger partial charge in [-0.2, -0.15) is 18.3 Å². The molecule has 0 bridgehead atoms. The fraction of sp³-hybridized carbons (Fsp3) is 0.273. The van der Waals surface area contributed by atoms with Crippen molar-refractivity contribution in [2.75, 3.05) is 11.9 Å². The van der Waals surface area contributed by atoms with E-state index in [0.717, 1.165) is 24.4 Å². The van der Waals surface area contributed by atoms with Gasteiger partial charge in [-0.1, -0.05) is 18.2 Å². The average molecular weight is 492 g/mol. The third kappa shape index (κ3) is 6.19. The smallest absolute Gasteiger partial charge is 0.416 e. The molecule has 1 fully saturated rings. The lowest BCUT2D eigenvalue weighted by Gasteiger charge is -2.10. The third-order valence-electron chi connectivity index (χ3n) is 5.11. The molecular weight excluding hydrogens is 473 g/mol. The highest BCUT2D eigenvalue weighted by Crippen LogP contribution is 2.48. The van der Waals surface area contributed by atoms with E-state index in [1.54, 1.807) is 0 Å². The molecule has 2 aromatic rings. The molecule has 1 saturated carbocycles. The van der Waals surface area contributed by atoms with Gasteiger partial charge < -0.3 is 10.1 Å². The topological polar surface area (TPSA) is 140 Å². The fourth-order valence-electron chi connectivity index (χ4n) is 3.46. The van der Waals surface area contributed by atoms with Crippen molar-refractivity contribution in [3.8, 4) is 0 Å². The Morgan fingerprint density at radius 2 is 1.77 bits per heavy atom. The molecule has 2 amide bonds. The molecule has 0 aliphatic heterocycles. The molecule has 0 aromatic heterocycles. The molecule has 2 N–H and O–H groups in total. The van der Waals surface area contributed by atoms with Crippen LogP contribution in [-0.4, -0.2) is 35.5 Å². The second-order valence-corrected chi connectivity index (χ2v) is 7.48. The lowest BCUT2D eigenvalue weighted by Crippen LogP contribution is -2.24. The van der Waals surface area contributed by atoms with Crippen LogP contribution in [-0.2, 0) is 25.3 Å². The zero-order valence-electron chi connectivity index (χ0n) is 18.1. The van der Waals surface area contributed by atoms with E-state index in [0.29, 0.717) is 5.56 Å². The summed E-state index contributed by atoms with van der Waals surface area (Å²) in [5, 5.41) is 16.8. The Bertz CT molecular complexity index is 1180. The number of anilines is 1. The lowest BCUT2D eigenvalue weighted by atomic mass is 10.2. The van der Waals surface area contributed by atoms with Crippen molar-refractivity contribution in [2.24, 2.45) is 22.9 Å². The second-order valence-electron chi connectivity index (χ2n) is 7.48. The Labute approximate surface area is 196 Å². The molecule has 3 atom stereocenters. The lowest BCUT2D eigenvalue weighted by molar-refractivity contribution is -0.384. The fourth-order valence-corrected chi connectivity index (χ4v) is 3.46. The number of nitro benzene ring substituents is 1. The molecule has 0 spiro atoms. The molecule has 35 heavy (non-hydrogen) atoms. The molecule has 0 radical (unpaired) electrons. The number of nitrogens with one attached hydrogen (secondary N) is 2. The summed E-state index contributed by atoms with van der Waals surface area (Å²) < 4.78 is 43.7. The number of hydrazone groups is 1. The molecule has 2 aromatic carbocycles. The van der Waals surface area contributed by atoms with Crippen LogP contribution in [0, 0.1) is 27.9 Å². The van der Waals surface area contributed by atoms with Gasteiger partial charge in [-0.15, -0.1) is 0 Å². The number of carbonyl (C=O) groups is 3. The zero-order chi connectivity index (χ0) is 25.8. The van der Waals surface area contributed by atoms with Gasteiger partial charge in [-0.3, -0.25) is 24.5 Å². The summed E-state index contributed by atoms with van der Waals surface area (Å²) in [4.78, 5) is 47.7. The van der Waals surface area contributed by atoms with Crippen LogP contribution in [0.2, 0.25) is 0 Å². The molecule has 1 aliphatic rings. The highest BCUT2D eigenvalue weighted by atomic mass is 19.4. The van der Waals surface area contributed by atoms with Gasteiger partial charge in [0.05, 0.1) is 41.1 Å². The van der Waals surface area contributed by atoms with E-state index in [2.05, 4.69) is 15.8 Å². The van der Waals surface area contributed by atoms with Crippen molar-refractivity contribution in [3.05, 3.63) is 69.8 Å². The van der Waals surface area contributed by atoms with E-state index in [9.17, 15) is 37.7 Å². The number of alkyl halides is 3. The standard InChI is InChI=1S/C22H19F3N4O6/c1-2-35-21(32)18-16(19(30)27-14-7-4-6-13(10-14)22(23,24)25)17(18)20(31)28-26-11-12-5-3-8-15(9-12)29(33)34/h3-11,16-18H,2H2,1H3,(H,27,30)(H,28,31). The number of nitro groups is 1. The van der Waals surface area contributed by atoms with Crippen molar-refractivity contribution >= 4 is 35.4 Å². The third-order valence-corrected chi connectivity index (χ3v) is 5.11. The van der Waals surface area contributed by atoms with Gasteiger partial charge in [0.1, 0.15) is 0 Å². The van der Waals surface area contributed by atoms with Crippen LogP contribution in [0.4, 0.5) is 24.5 Å². The van der Waals surface area contributed by atoms with E-state index in [-0.39, 0.29) is 18.0 Å². The first-order valence-electron chi connectivity index (χ1n) is 10.2. The first kappa shape index (κ1) is 25.3. The van der Waals surface area contributed by atoms with Crippen LogP contribution in [0.3, 0.4) is 0 Å². The number of amides is 2. The van der Waals surface area contributed by atoms with Crippen LogP contribution in [0.15, 0.2) is 53.6 Å². The average Bonchev–Trinajstić information content (AvgIpc) is 3.55. The number of non-ortho nitro benzene ring substituents is 1. The Balaban J connectivity index is 1.70. The number of ether oxygens (including phenoxy) is 1. The Morgan fingerprint density at radius 3 is 2.43 bits per heavy atom. The van der Waals surface area contributed by atoms with Gasteiger partial charge in [-0.25, -0.2) is 5.43 Å². The molecule has 184 valence electrons. The van der Waals surface area contributed by atoms with E-state index >= 15 is 0 Å². The molecule has 3 unspecified atom stereocenters. The number of rotatable bonds is 8. The molecule has 1 aliphatic carbocycles. The minimum atomic E-state index is -4.62. The number of esters is 1. The SMILES string of the molecule is CCOC(=O)C1C(C(=O)NN=Cc2cccc([N+](=O)[O-])c2)C1C(=O)Nc1cccc(C(F)(F)F)c1. The number of hydrogen-bond donors (Lipinski definition) is 2. The number of nitrogens with zero attached hydrogens (tertiary/aromatic N) is 2. The van der Waals surface area contributed by atoms with Crippen molar-refractivity contribution in [1.82, 2.24) is 5.43 Å². The molecule has 13 heteroatoms. The van der Waals surface area contributed by atoms with Gasteiger partial charge >= 0.3 is 12.1 Å². The quantitative estimate of drug-likeness (QED) is 0.251. The molecule has 0 saturated heterocycles. The summed E-state index contributed by atoms with van der Waals surface area (Å²) in [6.07, 6.45) is -3.47. The van der Waals surface area contributed by atoms with Crippen LogP contribution in [0.5, 0.6) is 0 Å². The highest BCUT2D eigenvalue weighted by Gasteiger charge is 2.63. The van der Waals surface area contributed by atoms with Crippen LogP contribution < -0.4 is 10.7 Å². The van der Waals surface area contributed by atoms with Gasteiger partial charge in [0.2, 0.25) is 11.8 Å². The predicted molar refractivity (Wildman–Crippen MR) is 116 cm³/mol. The molecular formula is C22H19F3N4O6. The Morgan fingerprint density at radius 1 is 1.09 bits per heavy atom. The van der Waals surface area contributed by atoms with E-state index in [4.69, 9.17) is 4.74 Å². The summed E-state index contributed by atoms with van der Waals surface area (Å²) in [5.41, 5.74) is 1.18. The predicted octanol–water partition coefficient (Wildman–Crippen LogP) is 3.13. The zero-order valence-corrected chi connectivity index (χ0v) is 18.1. The second kappa shape index (κ2) is 10.3. The van der Waals surface area contributed by atoms with Crippen LogP contribution in [0.25, 0.3) is 0 Å². The summed E-state index contributed by atoms with van der Waals surface area (Å²) in [5.74, 6) is -5.92. The van der Waals surface area contributed by atoms with Gasteiger partial charge in [-0.05, 0) is 25.1 Å². The monoisotopic (exact) mass is 492 g/mol. The summed E-state index contributed by atoms with van der Waals surface area (Å²) in [6, 6.07) is 9.35. The number of halogens is 3. The molecule has 0 heterocycles. The first-order chi connectivity index (χ1) is 16.5. The summed E-state index contributed by atoms with van der Waals surface area (Å²) in [6.45, 7) is 1.53. The van der Waals surface area contributed by atoms with Gasteiger partial charge in [0, 0.05) is 23.4 Å². The Hall–Kier alpha value is -4.29. The Kier molecular flexibility index (Phi) is 7.47. The number of carbonyl (C=O) groups excluding carboxylic acids is 3. The van der Waals surface area contributed by atoms with Crippen molar-refractivity contribution in [3.63, 3.8) is 0 Å². The number of benzene rings is 2. The minimum absolute atomic E-state index is 0.00339. The normalized spacial score (nSPS) is 19.1. The maximum atomic E-state index is 12.9. The number of hydrogen-bond acceptors (Lipinski definition) is 7. The minimum Gasteiger partial charge on any atom is -0.466 e. The first-order valence-corrected chi connectivity index (χ1v) is 10.2. The van der Waals surface area contributed by atoms with Crippen molar-refractivity contribution in [1.29, 1.82) is 0 Å². The van der Waals surface area contributed by atoms with Gasteiger partial charge in [0.25, 0.3) is 5.69 Å². The van der Waals surface area contributed by atoms with Crippen molar-refractivity contribution in [2.45, 2.75) is 13.1 Å².